The number of phenolic OH excluding ortho intramolecular Hbond substituents is 1. The summed E-state index contributed by atoms with van der Waals surface area (Å²) in [6.07, 6.45) is 3.50. The Kier molecular flexibility index (Phi) is 7.90. The minimum absolute atomic E-state index is 0.234. The molecule has 0 bridgehead atoms. The van der Waals surface area contributed by atoms with E-state index in [0.717, 1.165) is 76.2 Å². The van der Waals surface area contributed by atoms with Gasteiger partial charge in [-0.2, -0.15) is 0 Å². The van der Waals surface area contributed by atoms with Gasteiger partial charge in [-0.1, -0.05) is 48.5 Å². The molecule has 3 heterocycles. The van der Waals surface area contributed by atoms with Crippen LogP contribution in [-0.4, -0.2) is 72.5 Å². The molecule has 1 unspecified atom stereocenters. The maximum absolute atomic E-state index is 11.8. The van der Waals surface area contributed by atoms with Gasteiger partial charge in [0.05, 0.1) is 11.2 Å². The summed E-state index contributed by atoms with van der Waals surface area (Å²) in [5.74, 6) is 0.759. The average Bonchev–Trinajstić information content (AvgIpc) is 3.48. The Labute approximate surface area is 277 Å². The van der Waals surface area contributed by atoms with Gasteiger partial charge in [0.15, 0.2) is 0 Å². The first kappa shape index (κ1) is 30.0. The summed E-state index contributed by atoms with van der Waals surface area (Å²) in [4.78, 5) is 19.0. The molecule has 0 radical (unpaired) electrons. The third-order valence-corrected chi connectivity index (χ3v) is 11.1. The number of esters is 1. The molecule has 2 saturated heterocycles. The number of hydrogen-bond donors (Lipinski definition) is 2. The third kappa shape index (κ3) is 5.99. The van der Waals surface area contributed by atoms with E-state index in [0.29, 0.717) is 30.4 Å². The number of piperazine rings is 1. The number of rotatable bonds is 6. The Morgan fingerprint density at radius 1 is 0.745 bits per heavy atom. The molecule has 2 N–H and O–H groups in total. The number of aliphatic hydroxyl groups is 1. The van der Waals surface area contributed by atoms with Gasteiger partial charge in [0.25, 0.3) is 0 Å². The molecule has 4 aliphatic rings. The summed E-state index contributed by atoms with van der Waals surface area (Å²) >= 11 is 0. The van der Waals surface area contributed by atoms with Crippen LogP contribution in [0.3, 0.4) is 0 Å². The quantitative estimate of drug-likeness (QED) is 0.251. The zero-order valence-electron chi connectivity index (χ0n) is 26.9. The van der Waals surface area contributed by atoms with Crippen molar-refractivity contribution >= 4 is 17.3 Å². The van der Waals surface area contributed by atoms with E-state index in [1.54, 1.807) is 0 Å². The van der Waals surface area contributed by atoms with Crippen molar-refractivity contribution in [2.45, 2.75) is 49.7 Å². The highest BCUT2D eigenvalue weighted by Gasteiger charge is 2.36. The molecule has 8 rings (SSSR count). The van der Waals surface area contributed by atoms with Crippen molar-refractivity contribution in [1.29, 1.82) is 0 Å². The van der Waals surface area contributed by atoms with Crippen molar-refractivity contribution in [3.63, 3.8) is 0 Å². The highest BCUT2D eigenvalue weighted by atomic mass is 16.5. The number of carbonyl (C=O) groups excluding carboxylic acids is 1. The number of fused-ring (bicyclic) bond motifs is 2. The Balaban J connectivity index is 0.892. The van der Waals surface area contributed by atoms with E-state index in [4.69, 9.17) is 4.74 Å². The standard InChI is InChI=1S/C40H43N3O4/c44-34-12-15-36-30(25-34)8-13-35(28-4-2-1-3-5-28)38(36)29-6-9-32(10-7-29)43-22-20-41(21-23-43)27-40(46)16-18-42(19-17-40)33-11-14-37-31(24-33)26-47-39(37)45/h1-7,9-12,14-15,24-25,35,38,44,46H,8,13,16-23,26-27H2/t35-,38?/m1/s1. The second-order valence-corrected chi connectivity index (χ2v) is 13.9. The van der Waals surface area contributed by atoms with E-state index in [2.05, 4.69) is 81.4 Å². The molecule has 0 aromatic heterocycles. The molecular weight excluding hydrogens is 586 g/mol. The highest BCUT2D eigenvalue weighted by Crippen LogP contribution is 2.47. The normalized spacial score (nSPS) is 22.4. The van der Waals surface area contributed by atoms with E-state index in [9.17, 15) is 15.0 Å². The highest BCUT2D eigenvalue weighted by molar-refractivity contribution is 5.93. The van der Waals surface area contributed by atoms with Crippen molar-refractivity contribution in [3.05, 3.63) is 124 Å². The smallest absolute Gasteiger partial charge is 0.338 e. The number of ether oxygens (including phenoxy) is 1. The van der Waals surface area contributed by atoms with Crippen molar-refractivity contribution in [2.75, 3.05) is 55.6 Å². The third-order valence-electron chi connectivity index (χ3n) is 11.1. The lowest BCUT2D eigenvalue weighted by Crippen LogP contribution is -2.55. The number of aryl methyl sites for hydroxylation is 1. The fourth-order valence-corrected chi connectivity index (χ4v) is 8.41. The molecule has 0 amide bonds. The molecule has 4 aromatic carbocycles. The van der Waals surface area contributed by atoms with Crippen LogP contribution in [0.15, 0.2) is 91.0 Å². The van der Waals surface area contributed by atoms with Crippen LogP contribution in [0.1, 0.15) is 69.3 Å². The fourth-order valence-electron chi connectivity index (χ4n) is 8.41. The maximum atomic E-state index is 11.8. The number of β-amino-alcohol motifs (C(OH)–C–C–N with tert-alkyl or cyclic N) is 1. The van der Waals surface area contributed by atoms with E-state index in [-0.39, 0.29) is 11.9 Å². The molecule has 242 valence electrons. The van der Waals surface area contributed by atoms with Crippen LogP contribution in [0.5, 0.6) is 5.75 Å². The zero-order valence-corrected chi connectivity index (χ0v) is 26.9. The van der Waals surface area contributed by atoms with E-state index in [1.165, 1.54) is 27.9 Å². The molecule has 3 aliphatic heterocycles. The molecule has 47 heavy (non-hydrogen) atoms. The van der Waals surface area contributed by atoms with Crippen LogP contribution in [0, 0.1) is 0 Å². The van der Waals surface area contributed by atoms with Crippen LogP contribution in [0.4, 0.5) is 11.4 Å². The molecule has 2 fully saturated rings. The summed E-state index contributed by atoms with van der Waals surface area (Å²) < 4.78 is 5.17. The van der Waals surface area contributed by atoms with E-state index < -0.39 is 5.60 Å². The van der Waals surface area contributed by atoms with Crippen LogP contribution in [-0.2, 0) is 17.8 Å². The van der Waals surface area contributed by atoms with Gasteiger partial charge < -0.3 is 24.7 Å². The predicted octanol–water partition coefficient (Wildman–Crippen LogP) is 6.08. The first-order valence-corrected chi connectivity index (χ1v) is 17.1. The Hall–Kier alpha value is -4.33. The number of piperidine rings is 1. The van der Waals surface area contributed by atoms with Gasteiger partial charge >= 0.3 is 5.97 Å². The maximum Gasteiger partial charge on any atom is 0.338 e. The minimum Gasteiger partial charge on any atom is -0.508 e. The number of benzene rings is 4. The number of hydrogen-bond acceptors (Lipinski definition) is 7. The zero-order chi connectivity index (χ0) is 32.0. The van der Waals surface area contributed by atoms with Gasteiger partial charge in [-0.25, -0.2) is 4.79 Å². The Morgan fingerprint density at radius 2 is 1.47 bits per heavy atom. The number of anilines is 2. The van der Waals surface area contributed by atoms with Crippen molar-refractivity contribution in [3.8, 4) is 5.75 Å². The van der Waals surface area contributed by atoms with Crippen molar-refractivity contribution in [1.82, 2.24) is 4.90 Å². The van der Waals surface area contributed by atoms with Crippen LogP contribution in [0.25, 0.3) is 0 Å². The van der Waals surface area contributed by atoms with Gasteiger partial charge in [0.1, 0.15) is 12.4 Å². The lowest BCUT2D eigenvalue weighted by Gasteiger charge is -2.44. The van der Waals surface area contributed by atoms with Gasteiger partial charge in [0, 0.05) is 68.7 Å². The molecule has 1 aliphatic carbocycles. The number of phenols is 1. The van der Waals surface area contributed by atoms with Crippen LogP contribution >= 0.6 is 0 Å². The summed E-state index contributed by atoms with van der Waals surface area (Å²) in [6.45, 7) is 6.40. The summed E-state index contributed by atoms with van der Waals surface area (Å²) in [6, 6.07) is 31.9. The molecule has 2 atom stereocenters. The molecule has 0 spiro atoms. The lowest BCUT2D eigenvalue weighted by molar-refractivity contribution is -0.0173. The Bertz CT molecular complexity index is 1740. The molecule has 0 saturated carbocycles. The number of nitrogens with zero attached hydrogens (tertiary/aromatic N) is 3. The molecular formula is C40H43N3O4. The van der Waals surface area contributed by atoms with Crippen LogP contribution < -0.4 is 9.80 Å². The SMILES string of the molecule is O=C1OCc2cc(N3CCC(O)(CN4CCN(c5ccc(C6c7ccc(O)cc7CC[C@@H]6c6ccccc6)cc5)CC4)CC3)ccc21. The number of cyclic esters (lactones) is 1. The summed E-state index contributed by atoms with van der Waals surface area (Å²) in [7, 11) is 0. The van der Waals surface area contributed by atoms with E-state index in [1.807, 2.05) is 24.3 Å². The minimum atomic E-state index is -0.682. The summed E-state index contributed by atoms with van der Waals surface area (Å²) in [5, 5.41) is 21.7. The van der Waals surface area contributed by atoms with Gasteiger partial charge in [-0.05, 0) is 96.3 Å². The number of aromatic hydroxyl groups is 1. The van der Waals surface area contributed by atoms with Gasteiger partial charge in [-0.3, -0.25) is 4.90 Å². The molecule has 7 heteroatoms. The second-order valence-electron chi connectivity index (χ2n) is 13.9. The fraction of sp³-hybridized carbons (Fsp3) is 0.375. The lowest BCUT2D eigenvalue weighted by atomic mass is 9.69. The van der Waals surface area contributed by atoms with Gasteiger partial charge in [0.2, 0.25) is 0 Å². The van der Waals surface area contributed by atoms with E-state index >= 15 is 0 Å². The summed E-state index contributed by atoms with van der Waals surface area (Å²) in [5.41, 5.74) is 8.58. The monoisotopic (exact) mass is 629 g/mol. The first-order chi connectivity index (χ1) is 22.9. The first-order valence-electron chi connectivity index (χ1n) is 17.1. The predicted molar refractivity (Wildman–Crippen MR) is 185 cm³/mol. The largest absolute Gasteiger partial charge is 0.508 e. The number of carbonyl (C=O) groups is 1. The van der Waals surface area contributed by atoms with Gasteiger partial charge in [-0.15, -0.1) is 0 Å². The van der Waals surface area contributed by atoms with Crippen molar-refractivity contribution in [2.24, 2.45) is 0 Å². The molecule has 7 nitrogen and oxygen atoms in total. The van der Waals surface area contributed by atoms with Crippen molar-refractivity contribution < 1.29 is 19.7 Å². The van der Waals surface area contributed by atoms with Crippen LogP contribution in [0.2, 0.25) is 0 Å². The molecule has 4 aromatic rings. The second kappa shape index (κ2) is 12.4. The topological polar surface area (TPSA) is 76.5 Å². The Morgan fingerprint density at radius 3 is 2.23 bits per heavy atom. The average molecular weight is 630 g/mol.